The molecule has 3 nitrogen and oxygen atoms in total. The van der Waals surface area contributed by atoms with Gasteiger partial charge in [0.05, 0.1) is 13.7 Å². The molecule has 0 fully saturated rings. The number of ketones is 1. The van der Waals surface area contributed by atoms with Crippen molar-refractivity contribution in [1.82, 2.24) is 5.32 Å². The normalized spacial score (nSPS) is 10.0. The molecule has 3 heteroatoms. The molecule has 0 amide bonds. The van der Waals surface area contributed by atoms with Gasteiger partial charge in [0.25, 0.3) is 0 Å². The molecule has 0 unspecified atom stereocenters. The Morgan fingerprint density at radius 1 is 1.47 bits per heavy atom. The van der Waals surface area contributed by atoms with Crippen LogP contribution in [0.5, 0.6) is 5.75 Å². The Morgan fingerprint density at radius 3 is 2.93 bits per heavy atom. The van der Waals surface area contributed by atoms with E-state index in [0.29, 0.717) is 13.0 Å². The van der Waals surface area contributed by atoms with Crippen LogP contribution in [0.4, 0.5) is 0 Å². The van der Waals surface area contributed by atoms with Crippen molar-refractivity contribution in [1.29, 1.82) is 0 Å². The van der Waals surface area contributed by atoms with Crippen molar-refractivity contribution in [3.63, 3.8) is 0 Å². The summed E-state index contributed by atoms with van der Waals surface area (Å²) in [4.78, 5) is 11.3. The number of ether oxygens (including phenoxy) is 1. The van der Waals surface area contributed by atoms with Gasteiger partial charge in [0, 0.05) is 6.42 Å². The van der Waals surface area contributed by atoms with Gasteiger partial charge >= 0.3 is 0 Å². The number of carbonyl (C=O) groups excluding carboxylic acids is 1. The van der Waals surface area contributed by atoms with E-state index in [2.05, 4.69) is 5.32 Å². The summed E-state index contributed by atoms with van der Waals surface area (Å²) in [5.41, 5.74) is 1.14. The first-order valence-corrected chi connectivity index (χ1v) is 5.05. The van der Waals surface area contributed by atoms with Gasteiger partial charge in [-0.3, -0.25) is 4.79 Å². The second kappa shape index (κ2) is 6.19. The second-order valence-electron chi connectivity index (χ2n) is 3.42. The summed E-state index contributed by atoms with van der Waals surface area (Å²) in [7, 11) is 3.43. The van der Waals surface area contributed by atoms with E-state index < -0.39 is 0 Å². The predicted molar refractivity (Wildman–Crippen MR) is 60.2 cm³/mol. The van der Waals surface area contributed by atoms with Crippen molar-refractivity contribution in [2.45, 2.75) is 12.8 Å². The molecule has 82 valence electrons. The standard InChI is InChI=1S/C12H17NO2/c1-13-9-11(14)7-6-10-4-3-5-12(8-10)15-2/h3-5,8,13H,6-7,9H2,1-2H3. The summed E-state index contributed by atoms with van der Waals surface area (Å²) in [6.07, 6.45) is 1.35. The molecular weight excluding hydrogens is 190 g/mol. The second-order valence-corrected chi connectivity index (χ2v) is 3.42. The van der Waals surface area contributed by atoms with Crippen molar-refractivity contribution < 1.29 is 9.53 Å². The fraction of sp³-hybridized carbons (Fsp3) is 0.417. The first kappa shape index (κ1) is 11.7. The maximum absolute atomic E-state index is 11.3. The van der Waals surface area contributed by atoms with Gasteiger partial charge in [0.1, 0.15) is 11.5 Å². The highest BCUT2D eigenvalue weighted by atomic mass is 16.5. The predicted octanol–water partition coefficient (Wildman–Crippen LogP) is 1.42. The van der Waals surface area contributed by atoms with E-state index in [1.165, 1.54) is 0 Å². The number of methoxy groups -OCH3 is 1. The Bertz CT molecular complexity index is 323. The molecule has 0 aliphatic heterocycles. The highest BCUT2D eigenvalue weighted by molar-refractivity contribution is 5.80. The minimum atomic E-state index is 0.236. The average molecular weight is 207 g/mol. The van der Waals surface area contributed by atoms with Gasteiger partial charge in [0.2, 0.25) is 0 Å². The molecule has 1 rings (SSSR count). The number of likely N-dealkylation sites (N-methyl/N-ethyl adjacent to an activating group) is 1. The molecule has 0 heterocycles. The minimum absolute atomic E-state index is 0.236. The molecule has 0 aliphatic carbocycles. The van der Waals surface area contributed by atoms with Gasteiger partial charge in [-0.15, -0.1) is 0 Å². The van der Waals surface area contributed by atoms with Crippen molar-refractivity contribution in [2.75, 3.05) is 20.7 Å². The molecular formula is C12H17NO2. The zero-order chi connectivity index (χ0) is 11.1. The number of rotatable bonds is 6. The van der Waals surface area contributed by atoms with Gasteiger partial charge in [-0.1, -0.05) is 12.1 Å². The first-order valence-electron chi connectivity index (χ1n) is 5.05. The zero-order valence-electron chi connectivity index (χ0n) is 9.25. The highest BCUT2D eigenvalue weighted by Gasteiger charge is 2.01. The monoisotopic (exact) mass is 207 g/mol. The van der Waals surface area contributed by atoms with Crippen molar-refractivity contribution >= 4 is 5.78 Å². The Morgan fingerprint density at radius 2 is 2.27 bits per heavy atom. The summed E-state index contributed by atoms with van der Waals surface area (Å²) >= 11 is 0. The molecule has 0 spiro atoms. The Labute approximate surface area is 90.4 Å². The average Bonchev–Trinajstić information content (AvgIpc) is 2.27. The number of aryl methyl sites for hydroxylation is 1. The molecule has 0 saturated heterocycles. The van der Waals surface area contributed by atoms with E-state index in [-0.39, 0.29) is 5.78 Å². The summed E-state index contributed by atoms with van der Waals surface area (Å²) in [6.45, 7) is 0.448. The maximum Gasteiger partial charge on any atom is 0.146 e. The third kappa shape index (κ3) is 4.13. The summed E-state index contributed by atoms with van der Waals surface area (Å²) < 4.78 is 5.11. The van der Waals surface area contributed by atoms with Gasteiger partial charge in [-0.2, -0.15) is 0 Å². The smallest absolute Gasteiger partial charge is 0.146 e. The third-order valence-electron chi connectivity index (χ3n) is 2.20. The lowest BCUT2D eigenvalue weighted by Gasteiger charge is -2.04. The van der Waals surface area contributed by atoms with E-state index >= 15 is 0 Å². The Kier molecular flexibility index (Phi) is 4.84. The van der Waals surface area contributed by atoms with E-state index in [0.717, 1.165) is 17.7 Å². The Hall–Kier alpha value is -1.35. The van der Waals surface area contributed by atoms with Gasteiger partial charge < -0.3 is 10.1 Å². The number of hydrogen-bond acceptors (Lipinski definition) is 3. The number of hydrogen-bond donors (Lipinski definition) is 1. The lowest BCUT2D eigenvalue weighted by atomic mass is 10.1. The van der Waals surface area contributed by atoms with Crippen LogP contribution in [0.15, 0.2) is 24.3 Å². The van der Waals surface area contributed by atoms with Gasteiger partial charge in [0.15, 0.2) is 0 Å². The molecule has 15 heavy (non-hydrogen) atoms. The summed E-state index contributed by atoms with van der Waals surface area (Å²) in [5, 5.41) is 2.85. The van der Waals surface area contributed by atoms with E-state index in [1.54, 1.807) is 14.2 Å². The van der Waals surface area contributed by atoms with Crippen LogP contribution < -0.4 is 10.1 Å². The number of benzene rings is 1. The molecule has 1 aromatic carbocycles. The minimum Gasteiger partial charge on any atom is -0.497 e. The molecule has 1 aromatic rings. The summed E-state index contributed by atoms with van der Waals surface area (Å²) in [5.74, 6) is 1.08. The van der Waals surface area contributed by atoms with Gasteiger partial charge in [-0.25, -0.2) is 0 Å². The molecule has 0 bridgehead atoms. The molecule has 0 aliphatic rings. The highest BCUT2D eigenvalue weighted by Crippen LogP contribution is 2.13. The van der Waals surface area contributed by atoms with Crippen molar-refractivity contribution in [3.8, 4) is 5.75 Å². The topological polar surface area (TPSA) is 38.3 Å². The van der Waals surface area contributed by atoms with E-state index in [9.17, 15) is 4.79 Å². The fourth-order valence-corrected chi connectivity index (χ4v) is 1.40. The van der Waals surface area contributed by atoms with Crippen LogP contribution in [0.3, 0.4) is 0 Å². The molecule has 1 N–H and O–H groups in total. The lowest BCUT2D eigenvalue weighted by Crippen LogP contribution is -2.18. The van der Waals surface area contributed by atoms with Crippen LogP contribution in [0, 0.1) is 0 Å². The summed E-state index contributed by atoms with van der Waals surface area (Å²) in [6, 6.07) is 7.82. The van der Waals surface area contributed by atoms with Gasteiger partial charge in [-0.05, 0) is 31.2 Å². The number of nitrogens with one attached hydrogen (secondary N) is 1. The molecule has 0 atom stereocenters. The maximum atomic E-state index is 11.3. The van der Waals surface area contributed by atoms with Crippen molar-refractivity contribution in [3.05, 3.63) is 29.8 Å². The van der Waals surface area contributed by atoms with Crippen LogP contribution in [-0.2, 0) is 11.2 Å². The van der Waals surface area contributed by atoms with Crippen molar-refractivity contribution in [2.24, 2.45) is 0 Å². The quantitative estimate of drug-likeness (QED) is 0.766. The molecule has 0 saturated carbocycles. The Balaban J connectivity index is 2.46. The third-order valence-corrected chi connectivity index (χ3v) is 2.20. The largest absolute Gasteiger partial charge is 0.497 e. The van der Waals surface area contributed by atoms with Crippen LogP contribution in [0.1, 0.15) is 12.0 Å². The molecule has 0 aromatic heterocycles. The first-order chi connectivity index (χ1) is 7.26. The zero-order valence-corrected chi connectivity index (χ0v) is 9.25. The fourth-order valence-electron chi connectivity index (χ4n) is 1.40. The number of Topliss-reactive ketones (excluding diaryl/α,β-unsaturated/α-hetero) is 1. The van der Waals surface area contributed by atoms with Crippen LogP contribution in [0.25, 0.3) is 0 Å². The lowest BCUT2D eigenvalue weighted by molar-refractivity contribution is -0.118. The van der Waals surface area contributed by atoms with E-state index in [4.69, 9.17) is 4.74 Å². The van der Waals surface area contributed by atoms with Crippen LogP contribution in [-0.4, -0.2) is 26.5 Å². The molecule has 0 radical (unpaired) electrons. The number of carbonyl (C=O) groups is 1. The van der Waals surface area contributed by atoms with Crippen LogP contribution in [0.2, 0.25) is 0 Å². The van der Waals surface area contributed by atoms with Crippen LogP contribution >= 0.6 is 0 Å². The SMILES string of the molecule is CNCC(=O)CCc1cccc(OC)c1. The van der Waals surface area contributed by atoms with E-state index in [1.807, 2.05) is 24.3 Å².